The first-order valence-corrected chi connectivity index (χ1v) is 9.54. The van der Waals surface area contributed by atoms with Crippen molar-refractivity contribution in [1.29, 1.82) is 0 Å². The average molecular weight is 417 g/mol. The molecule has 1 aliphatic heterocycles. The molecule has 0 bridgehead atoms. The van der Waals surface area contributed by atoms with Crippen molar-refractivity contribution in [3.8, 4) is 5.75 Å². The van der Waals surface area contributed by atoms with E-state index in [1.165, 1.54) is 30.0 Å². The van der Waals surface area contributed by atoms with E-state index in [0.717, 1.165) is 5.69 Å². The van der Waals surface area contributed by atoms with Crippen LogP contribution in [0.4, 0.5) is 20.6 Å². The van der Waals surface area contributed by atoms with E-state index < -0.39 is 24.1 Å². The van der Waals surface area contributed by atoms with Gasteiger partial charge in [0.05, 0.1) is 18.8 Å². The van der Waals surface area contributed by atoms with Gasteiger partial charge in [-0.3, -0.25) is 9.69 Å². The third-order valence-corrected chi connectivity index (χ3v) is 4.43. The Kier molecular flexibility index (Phi) is 7.08. The van der Waals surface area contributed by atoms with Crippen LogP contribution >= 0.6 is 0 Å². The highest BCUT2D eigenvalue weighted by Gasteiger charge is 2.32. The lowest BCUT2D eigenvalue weighted by atomic mass is 10.2. The molecule has 8 nitrogen and oxygen atoms in total. The molecule has 2 atom stereocenters. The molecule has 9 heteroatoms. The maximum absolute atomic E-state index is 14.4. The van der Waals surface area contributed by atoms with Crippen molar-refractivity contribution in [2.75, 3.05) is 36.5 Å². The zero-order chi connectivity index (χ0) is 21.5. The summed E-state index contributed by atoms with van der Waals surface area (Å²) in [6, 6.07) is 13.5. The number of ether oxygens (including phenoxy) is 2. The number of anilines is 2. The molecule has 2 aromatic rings. The molecule has 0 radical (unpaired) electrons. The van der Waals surface area contributed by atoms with E-state index in [1.54, 1.807) is 0 Å². The summed E-state index contributed by atoms with van der Waals surface area (Å²) in [6.07, 6.45) is -1.96. The van der Waals surface area contributed by atoms with Gasteiger partial charge < -0.3 is 25.2 Å². The molecule has 0 aliphatic carbocycles. The first-order valence-electron chi connectivity index (χ1n) is 9.54. The molecule has 30 heavy (non-hydrogen) atoms. The molecule has 0 saturated carbocycles. The van der Waals surface area contributed by atoms with Crippen LogP contribution in [0.5, 0.6) is 5.75 Å². The van der Waals surface area contributed by atoms with Crippen molar-refractivity contribution in [3.05, 3.63) is 54.3 Å². The number of benzene rings is 2. The quantitative estimate of drug-likeness (QED) is 0.578. The minimum Gasteiger partial charge on any atom is -0.488 e. The van der Waals surface area contributed by atoms with Gasteiger partial charge in [-0.2, -0.15) is 0 Å². The second kappa shape index (κ2) is 9.93. The Hall–Kier alpha value is -3.33. The second-order valence-corrected chi connectivity index (χ2v) is 6.88. The van der Waals surface area contributed by atoms with Gasteiger partial charge in [0, 0.05) is 25.2 Å². The fraction of sp³-hybridized carbons (Fsp3) is 0.333. The normalized spacial score (nSPS) is 16.7. The third-order valence-electron chi connectivity index (χ3n) is 4.43. The molecule has 160 valence electrons. The molecule has 1 fully saturated rings. The van der Waals surface area contributed by atoms with Gasteiger partial charge in [0.1, 0.15) is 18.8 Å². The van der Waals surface area contributed by atoms with Crippen LogP contribution in [0.2, 0.25) is 0 Å². The highest BCUT2D eigenvalue weighted by Crippen LogP contribution is 2.27. The van der Waals surface area contributed by atoms with Gasteiger partial charge in [0.15, 0.2) is 11.6 Å². The summed E-state index contributed by atoms with van der Waals surface area (Å²) < 4.78 is 25.0. The molecule has 0 aromatic heterocycles. The van der Waals surface area contributed by atoms with Crippen molar-refractivity contribution >= 4 is 23.4 Å². The highest BCUT2D eigenvalue weighted by atomic mass is 19.1. The molecule has 0 spiro atoms. The average Bonchev–Trinajstić information content (AvgIpc) is 3.11. The molecular formula is C21H24FN3O5. The number of halogens is 1. The molecule has 2 amide bonds. The van der Waals surface area contributed by atoms with E-state index >= 15 is 0 Å². The number of para-hydroxylation sites is 1. The number of amides is 2. The smallest absolute Gasteiger partial charge is 0.414 e. The van der Waals surface area contributed by atoms with E-state index in [0.29, 0.717) is 5.69 Å². The first kappa shape index (κ1) is 21.4. The van der Waals surface area contributed by atoms with Gasteiger partial charge in [-0.25, -0.2) is 9.18 Å². The maximum Gasteiger partial charge on any atom is 0.414 e. The fourth-order valence-electron chi connectivity index (χ4n) is 2.91. The molecule has 3 rings (SSSR count). The van der Waals surface area contributed by atoms with E-state index in [9.17, 15) is 19.1 Å². The lowest BCUT2D eigenvalue weighted by Crippen LogP contribution is -2.33. The minimum atomic E-state index is -0.840. The van der Waals surface area contributed by atoms with Crippen molar-refractivity contribution in [2.24, 2.45) is 0 Å². The Balaban J connectivity index is 1.51. The summed E-state index contributed by atoms with van der Waals surface area (Å²) in [5.74, 6) is -0.910. The van der Waals surface area contributed by atoms with Crippen LogP contribution in [-0.2, 0) is 9.53 Å². The molecule has 3 N–H and O–H groups in total. The Morgan fingerprint density at radius 3 is 2.80 bits per heavy atom. The molecule has 0 unspecified atom stereocenters. The standard InChI is InChI=1S/C21H24FN3O5/c1-14(26)23-11-18-12-25(21(28)30-18)16-7-8-20(19(22)9-16)29-13-17(27)10-24-15-5-3-2-4-6-15/h2-9,17-18,24,27H,10-13H2,1H3,(H,23,26)/t17-,18+/m1/s1. The lowest BCUT2D eigenvalue weighted by molar-refractivity contribution is -0.119. The lowest BCUT2D eigenvalue weighted by Gasteiger charge is -2.16. The molecule has 1 heterocycles. The number of hydrogen-bond acceptors (Lipinski definition) is 6. The van der Waals surface area contributed by atoms with Crippen LogP contribution in [0.15, 0.2) is 48.5 Å². The Labute approximate surface area is 173 Å². The van der Waals surface area contributed by atoms with Crippen LogP contribution in [0.1, 0.15) is 6.92 Å². The predicted molar refractivity (Wildman–Crippen MR) is 109 cm³/mol. The van der Waals surface area contributed by atoms with Crippen molar-refractivity contribution in [3.63, 3.8) is 0 Å². The summed E-state index contributed by atoms with van der Waals surface area (Å²) >= 11 is 0. The largest absolute Gasteiger partial charge is 0.488 e. The predicted octanol–water partition coefficient (Wildman–Crippen LogP) is 2.14. The van der Waals surface area contributed by atoms with Crippen LogP contribution in [0, 0.1) is 5.82 Å². The van der Waals surface area contributed by atoms with Crippen LogP contribution in [0.3, 0.4) is 0 Å². The Morgan fingerprint density at radius 1 is 1.33 bits per heavy atom. The molecule has 2 aromatic carbocycles. The number of nitrogens with zero attached hydrogens (tertiary/aromatic N) is 1. The molecule has 1 aliphatic rings. The summed E-state index contributed by atoms with van der Waals surface area (Å²) in [6.45, 7) is 1.91. The van der Waals surface area contributed by atoms with Crippen LogP contribution in [-0.4, -0.2) is 55.6 Å². The van der Waals surface area contributed by atoms with Gasteiger partial charge in [-0.05, 0) is 24.3 Å². The topological polar surface area (TPSA) is 100 Å². The van der Waals surface area contributed by atoms with Crippen LogP contribution in [0.25, 0.3) is 0 Å². The number of aliphatic hydroxyl groups excluding tert-OH is 1. The Morgan fingerprint density at radius 2 is 2.10 bits per heavy atom. The molecular weight excluding hydrogens is 393 g/mol. The van der Waals surface area contributed by atoms with Gasteiger partial charge in [0.2, 0.25) is 5.91 Å². The zero-order valence-corrected chi connectivity index (χ0v) is 16.5. The summed E-state index contributed by atoms with van der Waals surface area (Å²) in [5, 5.41) is 15.7. The number of aliphatic hydroxyl groups is 1. The fourth-order valence-corrected chi connectivity index (χ4v) is 2.91. The first-order chi connectivity index (χ1) is 14.4. The monoisotopic (exact) mass is 417 g/mol. The second-order valence-electron chi connectivity index (χ2n) is 6.88. The van der Waals surface area contributed by atoms with Crippen molar-refractivity contribution in [1.82, 2.24) is 5.32 Å². The number of cyclic esters (lactones) is 1. The van der Waals surface area contributed by atoms with E-state index in [4.69, 9.17) is 9.47 Å². The summed E-state index contributed by atoms with van der Waals surface area (Å²) in [7, 11) is 0. The third kappa shape index (κ3) is 5.84. The van der Waals surface area contributed by atoms with Gasteiger partial charge >= 0.3 is 6.09 Å². The van der Waals surface area contributed by atoms with Gasteiger partial charge in [0.25, 0.3) is 0 Å². The zero-order valence-electron chi connectivity index (χ0n) is 16.5. The van der Waals surface area contributed by atoms with Gasteiger partial charge in [-0.15, -0.1) is 0 Å². The van der Waals surface area contributed by atoms with Crippen molar-refractivity contribution in [2.45, 2.75) is 19.1 Å². The van der Waals surface area contributed by atoms with Crippen molar-refractivity contribution < 1.29 is 28.6 Å². The SMILES string of the molecule is CC(=O)NC[C@H]1CN(c2ccc(OC[C@H](O)CNc3ccccc3)c(F)c2)C(=O)O1. The Bertz CT molecular complexity index is 880. The summed E-state index contributed by atoms with van der Waals surface area (Å²) in [4.78, 5) is 24.3. The highest BCUT2D eigenvalue weighted by molar-refractivity contribution is 5.89. The van der Waals surface area contributed by atoms with E-state index in [2.05, 4.69) is 10.6 Å². The van der Waals surface area contributed by atoms with E-state index in [1.807, 2.05) is 30.3 Å². The van der Waals surface area contributed by atoms with Crippen LogP contribution < -0.4 is 20.3 Å². The molecule has 1 saturated heterocycles. The number of carbonyl (C=O) groups is 2. The van der Waals surface area contributed by atoms with Gasteiger partial charge in [-0.1, -0.05) is 18.2 Å². The number of hydrogen-bond donors (Lipinski definition) is 3. The maximum atomic E-state index is 14.4. The number of carbonyl (C=O) groups excluding carboxylic acids is 2. The number of rotatable bonds is 9. The van der Waals surface area contributed by atoms with E-state index in [-0.39, 0.29) is 37.9 Å². The summed E-state index contributed by atoms with van der Waals surface area (Å²) in [5.41, 5.74) is 1.18. The number of nitrogens with one attached hydrogen (secondary N) is 2. The minimum absolute atomic E-state index is 0.0279.